The summed E-state index contributed by atoms with van der Waals surface area (Å²) in [5.41, 5.74) is 6.05. The molecule has 4 rings (SSSR count). The third kappa shape index (κ3) is 3.56. The zero-order chi connectivity index (χ0) is 16.4. The van der Waals surface area contributed by atoms with Crippen LogP contribution in [0.3, 0.4) is 0 Å². The number of tetrazole rings is 1. The van der Waals surface area contributed by atoms with Crippen LogP contribution in [0.25, 0.3) is 0 Å². The molecule has 10 heteroatoms. The summed E-state index contributed by atoms with van der Waals surface area (Å²) in [4.78, 5) is 12.7. The molecule has 0 radical (unpaired) electrons. The number of rotatable bonds is 6. The van der Waals surface area contributed by atoms with Crippen LogP contribution >= 0.6 is 0 Å². The number of hydrogen-bond acceptors (Lipinski definition) is 8. The van der Waals surface area contributed by atoms with Gasteiger partial charge < -0.3 is 14.8 Å². The average Bonchev–Trinajstić information content (AvgIpc) is 3.07. The number of carbonyl (C=O) groups excluding carboxylic acids is 1. The molecule has 2 unspecified atom stereocenters. The molecule has 2 saturated heterocycles. The van der Waals surface area contributed by atoms with Gasteiger partial charge in [0, 0.05) is 19.8 Å². The van der Waals surface area contributed by atoms with Crippen molar-refractivity contribution in [3.8, 4) is 0 Å². The lowest BCUT2D eigenvalue weighted by atomic mass is 10.0. The fourth-order valence-corrected chi connectivity index (χ4v) is 3.14. The summed E-state index contributed by atoms with van der Waals surface area (Å²) in [6, 6.07) is -0.0138. The molecule has 3 aliphatic rings. The second-order valence-corrected chi connectivity index (χ2v) is 6.66. The molecule has 132 valence electrons. The van der Waals surface area contributed by atoms with E-state index in [1.54, 1.807) is 4.68 Å². The van der Waals surface area contributed by atoms with Crippen molar-refractivity contribution in [2.45, 2.75) is 37.6 Å². The Hall–Kier alpha value is -1.62. The number of amides is 1. The molecule has 1 aromatic rings. The van der Waals surface area contributed by atoms with Gasteiger partial charge in [0.05, 0.1) is 18.6 Å². The van der Waals surface area contributed by atoms with Crippen LogP contribution in [-0.4, -0.2) is 64.6 Å². The zero-order valence-corrected chi connectivity index (χ0v) is 13.4. The first-order chi connectivity index (χ1) is 11.8. The Morgan fingerprint density at radius 2 is 2.33 bits per heavy atom. The second kappa shape index (κ2) is 7.09. The van der Waals surface area contributed by atoms with Crippen LogP contribution in [0.15, 0.2) is 6.33 Å². The smallest absolute Gasteiger partial charge is 0.228 e. The van der Waals surface area contributed by atoms with Crippen LogP contribution in [0.4, 0.5) is 0 Å². The molecule has 4 atom stereocenters. The molecule has 2 aliphatic heterocycles. The van der Waals surface area contributed by atoms with E-state index in [0.717, 1.165) is 13.0 Å². The minimum atomic E-state index is -0.300. The maximum Gasteiger partial charge on any atom is 0.228 e. The summed E-state index contributed by atoms with van der Waals surface area (Å²) in [5.74, 6) is 0.371. The summed E-state index contributed by atoms with van der Waals surface area (Å²) in [5, 5.41) is 14.3. The van der Waals surface area contributed by atoms with E-state index in [2.05, 4.69) is 31.7 Å². The maximum atomic E-state index is 12.7. The molecular formula is C14H23N7O3. The zero-order valence-electron chi connectivity index (χ0n) is 13.4. The SMILES string of the molecule is O=C(N[C@@H]1CCOC[C@H]1OCC1CC1)C1CNNC1n1cnnn1. The molecule has 3 N–H and O–H groups in total. The molecular weight excluding hydrogens is 314 g/mol. The molecule has 0 aromatic carbocycles. The highest BCUT2D eigenvalue weighted by Crippen LogP contribution is 2.30. The quantitative estimate of drug-likeness (QED) is 0.580. The minimum absolute atomic E-state index is 0.0138. The van der Waals surface area contributed by atoms with Crippen molar-refractivity contribution >= 4 is 5.91 Å². The number of hydrazine groups is 1. The molecule has 3 heterocycles. The van der Waals surface area contributed by atoms with Gasteiger partial charge in [-0.25, -0.2) is 10.1 Å². The van der Waals surface area contributed by atoms with Gasteiger partial charge in [-0.1, -0.05) is 0 Å². The highest BCUT2D eigenvalue weighted by Gasteiger charge is 2.38. The van der Waals surface area contributed by atoms with E-state index in [9.17, 15) is 4.79 Å². The summed E-state index contributed by atoms with van der Waals surface area (Å²) in [6.45, 7) is 2.47. The number of aromatic nitrogens is 4. The van der Waals surface area contributed by atoms with Gasteiger partial charge in [-0.3, -0.25) is 10.2 Å². The second-order valence-electron chi connectivity index (χ2n) is 6.66. The molecule has 3 fully saturated rings. The molecule has 1 amide bonds. The number of hydrogen-bond donors (Lipinski definition) is 3. The monoisotopic (exact) mass is 337 g/mol. The molecule has 24 heavy (non-hydrogen) atoms. The first kappa shape index (κ1) is 15.9. The van der Waals surface area contributed by atoms with E-state index in [1.165, 1.54) is 19.2 Å². The standard InChI is InChI=1S/C14H23N7O3/c22-14(10-5-15-18-13(10)21-8-16-19-20-21)17-11-3-4-23-7-12(11)24-6-9-1-2-9/h8-13,15,18H,1-7H2,(H,17,22)/t10?,11-,12-,13?/m1/s1. The van der Waals surface area contributed by atoms with Crippen molar-refractivity contribution in [2.75, 3.05) is 26.4 Å². The predicted molar refractivity (Wildman–Crippen MR) is 81.3 cm³/mol. The van der Waals surface area contributed by atoms with Crippen molar-refractivity contribution in [1.29, 1.82) is 0 Å². The molecule has 0 bridgehead atoms. The Labute approximate surface area is 139 Å². The van der Waals surface area contributed by atoms with Crippen LogP contribution in [0.1, 0.15) is 25.4 Å². The molecule has 0 spiro atoms. The Kier molecular flexibility index (Phi) is 4.69. The third-order valence-electron chi connectivity index (χ3n) is 4.81. The van der Waals surface area contributed by atoms with Crippen LogP contribution in [-0.2, 0) is 14.3 Å². The Morgan fingerprint density at radius 3 is 3.12 bits per heavy atom. The Bertz CT molecular complexity index is 551. The van der Waals surface area contributed by atoms with E-state index in [-0.39, 0.29) is 30.1 Å². The van der Waals surface area contributed by atoms with E-state index in [1.807, 2.05) is 0 Å². The number of carbonyl (C=O) groups is 1. The normalized spacial score (nSPS) is 33.5. The van der Waals surface area contributed by atoms with Crippen LogP contribution < -0.4 is 16.2 Å². The van der Waals surface area contributed by atoms with Crippen molar-refractivity contribution in [2.24, 2.45) is 11.8 Å². The fourth-order valence-electron chi connectivity index (χ4n) is 3.14. The number of ether oxygens (including phenoxy) is 2. The highest BCUT2D eigenvalue weighted by atomic mass is 16.5. The Morgan fingerprint density at radius 1 is 1.42 bits per heavy atom. The van der Waals surface area contributed by atoms with E-state index < -0.39 is 0 Å². The van der Waals surface area contributed by atoms with Gasteiger partial charge in [0.2, 0.25) is 5.91 Å². The van der Waals surface area contributed by atoms with Gasteiger partial charge in [-0.15, -0.1) is 5.10 Å². The van der Waals surface area contributed by atoms with Gasteiger partial charge in [0.15, 0.2) is 0 Å². The van der Waals surface area contributed by atoms with E-state index in [4.69, 9.17) is 9.47 Å². The van der Waals surface area contributed by atoms with E-state index in [0.29, 0.717) is 25.7 Å². The van der Waals surface area contributed by atoms with E-state index >= 15 is 0 Å². The van der Waals surface area contributed by atoms with Gasteiger partial charge in [0.25, 0.3) is 0 Å². The first-order valence-electron chi connectivity index (χ1n) is 8.52. The summed E-state index contributed by atoms with van der Waals surface area (Å²) >= 11 is 0. The lowest BCUT2D eigenvalue weighted by Gasteiger charge is -2.33. The lowest BCUT2D eigenvalue weighted by molar-refractivity contribution is -0.130. The summed E-state index contributed by atoms with van der Waals surface area (Å²) < 4.78 is 13.0. The highest BCUT2D eigenvalue weighted by molar-refractivity contribution is 5.80. The van der Waals surface area contributed by atoms with Crippen molar-refractivity contribution < 1.29 is 14.3 Å². The number of nitrogens with one attached hydrogen (secondary N) is 3. The molecule has 1 aliphatic carbocycles. The summed E-state index contributed by atoms with van der Waals surface area (Å²) in [7, 11) is 0. The van der Waals surface area contributed by atoms with Crippen LogP contribution in [0.5, 0.6) is 0 Å². The average molecular weight is 337 g/mol. The lowest BCUT2D eigenvalue weighted by Crippen LogP contribution is -2.52. The minimum Gasteiger partial charge on any atom is -0.379 e. The van der Waals surface area contributed by atoms with Gasteiger partial charge in [-0.2, -0.15) is 0 Å². The third-order valence-corrected chi connectivity index (χ3v) is 4.81. The summed E-state index contributed by atoms with van der Waals surface area (Å²) in [6.07, 6.45) is 4.39. The number of nitrogens with zero attached hydrogens (tertiary/aromatic N) is 4. The van der Waals surface area contributed by atoms with Gasteiger partial charge in [-0.05, 0) is 35.6 Å². The topological polar surface area (TPSA) is 115 Å². The fraction of sp³-hybridized carbons (Fsp3) is 0.857. The first-order valence-corrected chi connectivity index (χ1v) is 8.52. The Balaban J connectivity index is 1.36. The van der Waals surface area contributed by atoms with Crippen LogP contribution in [0, 0.1) is 11.8 Å². The van der Waals surface area contributed by atoms with Crippen LogP contribution in [0.2, 0.25) is 0 Å². The largest absolute Gasteiger partial charge is 0.379 e. The van der Waals surface area contributed by atoms with Crippen molar-refractivity contribution in [3.63, 3.8) is 0 Å². The van der Waals surface area contributed by atoms with Gasteiger partial charge in [0.1, 0.15) is 18.6 Å². The van der Waals surface area contributed by atoms with Crippen molar-refractivity contribution in [1.82, 2.24) is 36.4 Å². The van der Waals surface area contributed by atoms with Gasteiger partial charge >= 0.3 is 0 Å². The maximum absolute atomic E-state index is 12.7. The molecule has 10 nitrogen and oxygen atoms in total. The van der Waals surface area contributed by atoms with Crippen molar-refractivity contribution in [3.05, 3.63) is 6.33 Å². The molecule has 1 saturated carbocycles. The predicted octanol–water partition coefficient (Wildman–Crippen LogP) is -1.40. The molecule has 1 aromatic heterocycles.